The van der Waals surface area contributed by atoms with Crippen molar-refractivity contribution < 1.29 is 9.47 Å². The van der Waals surface area contributed by atoms with Crippen LogP contribution in [0.4, 0.5) is 0 Å². The molecule has 0 amide bonds. The van der Waals surface area contributed by atoms with Crippen LogP contribution >= 0.6 is 27.7 Å². The van der Waals surface area contributed by atoms with Crippen molar-refractivity contribution in [2.24, 2.45) is 5.10 Å². The Morgan fingerprint density at radius 2 is 1.89 bits per heavy atom. The Bertz CT molecular complexity index is 941. The predicted octanol–water partition coefficient (Wildman–Crippen LogP) is 4.54. The van der Waals surface area contributed by atoms with E-state index in [1.54, 1.807) is 36.9 Å². The molecule has 3 rings (SSSR count). The van der Waals surface area contributed by atoms with Crippen molar-refractivity contribution in [1.29, 1.82) is 0 Å². The van der Waals surface area contributed by atoms with Crippen LogP contribution in [0, 0.1) is 6.92 Å². The van der Waals surface area contributed by atoms with Crippen molar-refractivity contribution in [1.82, 2.24) is 14.9 Å². The van der Waals surface area contributed by atoms with Crippen LogP contribution in [0.3, 0.4) is 0 Å². The number of methoxy groups -OCH3 is 2. The summed E-state index contributed by atoms with van der Waals surface area (Å²) in [5.74, 6) is 2.79. The maximum atomic E-state index is 5.45. The van der Waals surface area contributed by atoms with E-state index in [1.807, 2.05) is 37.3 Å². The second-order valence-corrected chi connectivity index (χ2v) is 7.44. The summed E-state index contributed by atoms with van der Waals surface area (Å²) in [5, 5.41) is 13.7. The molecule has 0 atom stereocenters. The first-order valence-corrected chi connectivity index (χ1v) is 9.95. The monoisotopic (exact) mass is 446 g/mol. The molecular formula is C19H19BrN4O2S. The summed E-state index contributed by atoms with van der Waals surface area (Å²) in [5.41, 5.74) is 2.02. The zero-order valence-corrected chi connectivity index (χ0v) is 17.6. The van der Waals surface area contributed by atoms with Gasteiger partial charge in [-0.15, -0.1) is 10.2 Å². The van der Waals surface area contributed by atoms with E-state index >= 15 is 0 Å². The molecule has 0 bridgehead atoms. The van der Waals surface area contributed by atoms with Crippen LogP contribution in [0.5, 0.6) is 11.5 Å². The van der Waals surface area contributed by atoms with E-state index in [2.05, 4.69) is 43.4 Å². The van der Waals surface area contributed by atoms with Gasteiger partial charge in [0.25, 0.3) is 0 Å². The predicted molar refractivity (Wildman–Crippen MR) is 111 cm³/mol. The molecule has 1 aromatic heterocycles. The van der Waals surface area contributed by atoms with Crippen molar-refractivity contribution >= 4 is 33.9 Å². The average Bonchev–Trinajstić information content (AvgIpc) is 3.05. The Morgan fingerprint density at radius 3 is 2.59 bits per heavy atom. The molecule has 1 heterocycles. The molecule has 0 aliphatic heterocycles. The van der Waals surface area contributed by atoms with Crippen LogP contribution < -0.4 is 9.47 Å². The van der Waals surface area contributed by atoms with E-state index in [0.29, 0.717) is 17.3 Å². The number of rotatable bonds is 7. The van der Waals surface area contributed by atoms with Crippen LogP contribution in [0.25, 0.3) is 0 Å². The van der Waals surface area contributed by atoms with E-state index in [4.69, 9.17) is 9.47 Å². The number of hydrogen-bond acceptors (Lipinski definition) is 6. The van der Waals surface area contributed by atoms with Gasteiger partial charge in [0.1, 0.15) is 0 Å². The molecule has 8 heteroatoms. The zero-order chi connectivity index (χ0) is 19.2. The summed E-state index contributed by atoms with van der Waals surface area (Å²) in [6, 6.07) is 13.9. The fourth-order valence-electron chi connectivity index (χ4n) is 2.42. The Hall–Kier alpha value is -2.32. The molecule has 0 radical (unpaired) electrons. The number of thioether (sulfide) groups is 1. The van der Waals surface area contributed by atoms with Gasteiger partial charge in [0.05, 0.1) is 20.4 Å². The van der Waals surface area contributed by atoms with Crippen molar-refractivity contribution in [2.45, 2.75) is 17.8 Å². The number of nitrogens with zero attached hydrogens (tertiary/aromatic N) is 4. The van der Waals surface area contributed by atoms with Crippen molar-refractivity contribution in [3.8, 4) is 11.5 Å². The maximum absolute atomic E-state index is 5.45. The Labute approximate surface area is 170 Å². The van der Waals surface area contributed by atoms with E-state index in [9.17, 15) is 0 Å². The highest BCUT2D eigenvalue weighted by Crippen LogP contribution is 2.29. The van der Waals surface area contributed by atoms with Gasteiger partial charge in [-0.05, 0) is 36.8 Å². The van der Waals surface area contributed by atoms with Crippen molar-refractivity contribution in [3.63, 3.8) is 0 Å². The third-order valence-corrected chi connectivity index (χ3v) is 5.31. The lowest BCUT2D eigenvalue weighted by molar-refractivity contribution is 0.354. The van der Waals surface area contributed by atoms with Gasteiger partial charge in [-0.3, -0.25) is 0 Å². The minimum atomic E-state index is 0.638. The van der Waals surface area contributed by atoms with Crippen LogP contribution in [0.2, 0.25) is 0 Å². The molecule has 0 fully saturated rings. The minimum Gasteiger partial charge on any atom is -0.493 e. The molecule has 0 unspecified atom stereocenters. The highest BCUT2D eigenvalue weighted by atomic mass is 79.9. The van der Waals surface area contributed by atoms with Gasteiger partial charge in [-0.2, -0.15) is 9.78 Å². The molecule has 0 saturated carbocycles. The number of para-hydroxylation sites is 1. The van der Waals surface area contributed by atoms with E-state index in [0.717, 1.165) is 20.9 Å². The summed E-state index contributed by atoms with van der Waals surface area (Å²) in [6.45, 7) is 1.87. The van der Waals surface area contributed by atoms with Gasteiger partial charge in [-0.25, -0.2) is 0 Å². The fourth-order valence-corrected chi connectivity index (χ4v) is 3.58. The second kappa shape index (κ2) is 9.05. The minimum absolute atomic E-state index is 0.638. The number of aryl methyl sites for hydroxylation is 1. The lowest BCUT2D eigenvalue weighted by atomic mass is 10.2. The lowest BCUT2D eigenvalue weighted by Crippen LogP contribution is -1.99. The first kappa shape index (κ1) is 19.4. The first-order chi connectivity index (χ1) is 13.1. The molecule has 0 aliphatic rings. The van der Waals surface area contributed by atoms with Gasteiger partial charge in [-0.1, -0.05) is 45.9 Å². The number of aromatic nitrogens is 3. The SMILES string of the molecule is COc1cccc(/C=N/n2c(C)nnc2SCc2ccc(Br)cc2)c1OC. The highest BCUT2D eigenvalue weighted by Gasteiger charge is 2.11. The quantitative estimate of drug-likeness (QED) is 0.393. The molecular weight excluding hydrogens is 428 g/mol. The molecule has 6 nitrogen and oxygen atoms in total. The van der Waals surface area contributed by atoms with Crippen LogP contribution in [-0.4, -0.2) is 35.3 Å². The number of hydrogen-bond donors (Lipinski definition) is 0. The van der Waals surface area contributed by atoms with Gasteiger partial charge in [0.15, 0.2) is 17.3 Å². The summed E-state index contributed by atoms with van der Waals surface area (Å²) in [6.07, 6.45) is 1.72. The standard InChI is InChI=1S/C19H19BrN4O2S/c1-13-22-23-19(27-12-14-7-9-16(20)10-8-14)24(13)21-11-15-5-4-6-17(25-2)18(15)26-3/h4-11H,12H2,1-3H3/b21-11+. The molecule has 0 spiro atoms. The van der Waals surface area contributed by atoms with Gasteiger partial charge in [0.2, 0.25) is 5.16 Å². The van der Waals surface area contributed by atoms with Crippen molar-refractivity contribution in [2.75, 3.05) is 14.2 Å². The van der Waals surface area contributed by atoms with E-state index in [1.165, 1.54) is 5.56 Å². The number of ether oxygens (including phenoxy) is 2. The first-order valence-electron chi connectivity index (χ1n) is 8.17. The van der Waals surface area contributed by atoms with E-state index < -0.39 is 0 Å². The zero-order valence-electron chi connectivity index (χ0n) is 15.2. The molecule has 0 N–H and O–H groups in total. The van der Waals surface area contributed by atoms with Gasteiger partial charge < -0.3 is 9.47 Å². The smallest absolute Gasteiger partial charge is 0.212 e. The number of benzene rings is 2. The molecule has 0 aliphatic carbocycles. The topological polar surface area (TPSA) is 61.5 Å². The summed E-state index contributed by atoms with van der Waals surface area (Å²) in [4.78, 5) is 0. The molecule has 140 valence electrons. The summed E-state index contributed by atoms with van der Waals surface area (Å²) in [7, 11) is 3.22. The van der Waals surface area contributed by atoms with Crippen LogP contribution in [0.15, 0.2) is 57.2 Å². The lowest BCUT2D eigenvalue weighted by Gasteiger charge is -2.09. The van der Waals surface area contributed by atoms with Crippen LogP contribution in [-0.2, 0) is 5.75 Å². The Kier molecular flexibility index (Phi) is 6.52. The van der Waals surface area contributed by atoms with Gasteiger partial charge >= 0.3 is 0 Å². The third-order valence-electron chi connectivity index (χ3n) is 3.79. The summed E-state index contributed by atoms with van der Waals surface area (Å²) < 4.78 is 13.6. The maximum Gasteiger partial charge on any atom is 0.212 e. The van der Waals surface area contributed by atoms with Crippen LogP contribution in [0.1, 0.15) is 17.0 Å². The average molecular weight is 447 g/mol. The van der Waals surface area contributed by atoms with E-state index in [-0.39, 0.29) is 0 Å². The molecule has 3 aromatic rings. The third kappa shape index (κ3) is 4.70. The second-order valence-electron chi connectivity index (χ2n) is 5.58. The summed E-state index contributed by atoms with van der Waals surface area (Å²) >= 11 is 5.03. The highest BCUT2D eigenvalue weighted by molar-refractivity contribution is 9.10. The molecule has 0 saturated heterocycles. The Morgan fingerprint density at radius 1 is 1.11 bits per heavy atom. The molecule has 2 aromatic carbocycles. The Balaban J connectivity index is 1.81. The largest absolute Gasteiger partial charge is 0.493 e. The fraction of sp³-hybridized carbons (Fsp3) is 0.211. The normalized spacial score (nSPS) is 11.1. The molecule has 27 heavy (non-hydrogen) atoms. The van der Waals surface area contributed by atoms with Gasteiger partial charge in [0, 0.05) is 15.8 Å². The number of halogens is 1. The van der Waals surface area contributed by atoms with Crippen molar-refractivity contribution in [3.05, 3.63) is 63.9 Å².